The summed E-state index contributed by atoms with van der Waals surface area (Å²) in [7, 11) is 0. The summed E-state index contributed by atoms with van der Waals surface area (Å²) < 4.78 is 11.0. The molecule has 1 heterocycles. The van der Waals surface area contributed by atoms with Crippen LogP contribution in [0.4, 0.5) is 0 Å². The van der Waals surface area contributed by atoms with Crippen LogP contribution in [-0.2, 0) is 0 Å². The first-order valence-electron chi connectivity index (χ1n) is 6.31. The zero-order chi connectivity index (χ0) is 14.4. The molecule has 0 atom stereocenters. The summed E-state index contributed by atoms with van der Waals surface area (Å²) in [5, 5.41) is 9.04. The summed E-state index contributed by atoms with van der Waals surface area (Å²) in [6.45, 7) is 2.83. The average Bonchev–Trinajstić information content (AvgIpc) is 2.81. The van der Waals surface area contributed by atoms with Gasteiger partial charge in [0, 0.05) is 11.3 Å². The van der Waals surface area contributed by atoms with E-state index in [0.29, 0.717) is 25.4 Å². The quantitative estimate of drug-likeness (QED) is 0.792. The van der Waals surface area contributed by atoms with Gasteiger partial charge in [0.25, 0.3) is 0 Å². The summed E-state index contributed by atoms with van der Waals surface area (Å²) in [5.41, 5.74) is 0. The molecule has 106 valence electrons. The van der Waals surface area contributed by atoms with Crippen LogP contribution in [0.5, 0.6) is 11.5 Å². The minimum Gasteiger partial charge on any atom is -0.493 e. The van der Waals surface area contributed by atoms with E-state index in [1.165, 1.54) is 11.3 Å². The Labute approximate surface area is 121 Å². The van der Waals surface area contributed by atoms with Gasteiger partial charge in [-0.2, -0.15) is 0 Å². The van der Waals surface area contributed by atoms with E-state index in [9.17, 15) is 4.79 Å². The van der Waals surface area contributed by atoms with Crippen LogP contribution in [0.25, 0.3) is 0 Å². The lowest BCUT2D eigenvalue weighted by molar-refractivity contribution is 0.0698. The maximum Gasteiger partial charge on any atom is 0.349 e. The van der Waals surface area contributed by atoms with E-state index in [1.807, 2.05) is 37.3 Å². The fourth-order valence-electron chi connectivity index (χ4n) is 1.69. The molecule has 0 saturated carbocycles. The lowest BCUT2D eigenvalue weighted by Gasteiger charge is -2.07. The second-order valence-electron chi connectivity index (χ2n) is 4.22. The fraction of sp³-hybridized carbons (Fsp3) is 0.267. The van der Waals surface area contributed by atoms with Crippen molar-refractivity contribution in [3.05, 3.63) is 46.2 Å². The predicted molar refractivity (Wildman–Crippen MR) is 78.1 cm³/mol. The monoisotopic (exact) mass is 292 g/mol. The summed E-state index contributed by atoms with van der Waals surface area (Å²) in [6.07, 6.45) is 0.697. The minimum atomic E-state index is -0.946. The topological polar surface area (TPSA) is 55.8 Å². The predicted octanol–water partition coefficient (Wildman–Crippen LogP) is 3.60. The molecule has 0 saturated heterocycles. The van der Waals surface area contributed by atoms with Crippen LogP contribution in [0.1, 0.15) is 21.0 Å². The van der Waals surface area contributed by atoms with Crippen LogP contribution < -0.4 is 9.47 Å². The van der Waals surface area contributed by atoms with Gasteiger partial charge in [-0.1, -0.05) is 18.2 Å². The lowest BCUT2D eigenvalue weighted by atomic mass is 10.3. The Balaban J connectivity index is 1.75. The second-order valence-corrected chi connectivity index (χ2v) is 5.48. The van der Waals surface area contributed by atoms with Crippen molar-refractivity contribution >= 4 is 17.3 Å². The zero-order valence-electron chi connectivity index (χ0n) is 11.2. The van der Waals surface area contributed by atoms with Crippen LogP contribution in [0, 0.1) is 6.92 Å². The molecule has 2 rings (SSSR count). The van der Waals surface area contributed by atoms with Gasteiger partial charge >= 0.3 is 5.97 Å². The molecule has 0 amide bonds. The highest BCUT2D eigenvalue weighted by Gasteiger charge is 2.14. The lowest BCUT2D eigenvalue weighted by Crippen LogP contribution is -2.06. The summed E-state index contributed by atoms with van der Waals surface area (Å²) in [4.78, 5) is 12.2. The highest BCUT2D eigenvalue weighted by Crippen LogP contribution is 2.28. The third-order valence-electron chi connectivity index (χ3n) is 2.57. The standard InChI is InChI=1S/C15H16O4S/c1-11-10-13(14(20-11)15(16)17)19-9-5-8-18-12-6-3-2-4-7-12/h2-4,6-7,10H,5,8-9H2,1H3,(H,16,17). The smallest absolute Gasteiger partial charge is 0.349 e. The molecule has 0 bridgehead atoms. The molecule has 0 fully saturated rings. The summed E-state index contributed by atoms with van der Waals surface area (Å²) in [6, 6.07) is 11.3. The van der Waals surface area contributed by atoms with Gasteiger partial charge in [-0.05, 0) is 25.1 Å². The maximum atomic E-state index is 11.0. The number of carboxylic acid groups (broad SMARTS) is 1. The fourth-order valence-corrected chi connectivity index (χ4v) is 2.49. The molecule has 0 unspecified atom stereocenters. The minimum absolute atomic E-state index is 0.256. The highest BCUT2D eigenvalue weighted by molar-refractivity contribution is 7.14. The van der Waals surface area contributed by atoms with Crippen LogP contribution in [0.3, 0.4) is 0 Å². The summed E-state index contributed by atoms with van der Waals surface area (Å²) in [5.74, 6) is 0.323. The van der Waals surface area contributed by atoms with Crippen molar-refractivity contribution in [1.29, 1.82) is 0 Å². The Morgan fingerprint density at radius 3 is 2.60 bits per heavy atom. The molecule has 1 N–H and O–H groups in total. The number of para-hydroxylation sites is 1. The second kappa shape index (κ2) is 6.96. The number of rotatable bonds is 7. The van der Waals surface area contributed by atoms with Gasteiger partial charge in [0.1, 0.15) is 11.5 Å². The van der Waals surface area contributed by atoms with E-state index in [0.717, 1.165) is 10.6 Å². The third kappa shape index (κ3) is 3.99. The van der Waals surface area contributed by atoms with Crippen LogP contribution >= 0.6 is 11.3 Å². The molecule has 0 radical (unpaired) electrons. The number of aryl methyl sites for hydroxylation is 1. The van der Waals surface area contributed by atoms with E-state index in [2.05, 4.69) is 0 Å². The first kappa shape index (κ1) is 14.4. The number of hydrogen-bond donors (Lipinski definition) is 1. The van der Waals surface area contributed by atoms with Crippen molar-refractivity contribution < 1.29 is 19.4 Å². The number of thiophene rings is 1. The Hall–Kier alpha value is -2.01. The molecule has 0 aliphatic carbocycles. The van der Waals surface area contributed by atoms with E-state index in [4.69, 9.17) is 14.6 Å². The van der Waals surface area contributed by atoms with E-state index >= 15 is 0 Å². The Morgan fingerprint density at radius 2 is 1.90 bits per heavy atom. The van der Waals surface area contributed by atoms with Gasteiger partial charge in [-0.3, -0.25) is 0 Å². The number of hydrogen-bond acceptors (Lipinski definition) is 4. The first-order chi connectivity index (χ1) is 9.66. The first-order valence-corrected chi connectivity index (χ1v) is 7.13. The molecule has 0 aliphatic rings. The number of aromatic carboxylic acids is 1. The highest BCUT2D eigenvalue weighted by atomic mass is 32.1. The Morgan fingerprint density at radius 1 is 1.20 bits per heavy atom. The molecule has 20 heavy (non-hydrogen) atoms. The van der Waals surface area contributed by atoms with Crippen molar-refractivity contribution in [2.75, 3.05) is 13.2 Å². The molecule has 2 aromatic rings. The van der Waals surface area contributed by atoms with Crippen molar-refractivity contribution in [2.24, 2.45) is 0 Å². The van der Waals surface area contributed by atoms with Crippen molar-refractivity contribution in [1.82, 2.24) is 0 Å². The van der Waals surface area contributed by atoms with Crippen LogP contribution in [0.2, 0.25) is 0 Å². The van der Waals surface area contributed by atoms with Crippen molar-refractivity contribution in [2.45, 2.75) is 13.3 Å². The van der Waals surface area contributed by atoms with Crippen LogP contribution in [0.15, 0.2) is 36.4 Å². The average molecular weight is 292 g/mol. The van der Waals surface area contributed by atoms with Gasteiger partial charge < -0.3 is 14.6 Å². The molecule has 4 nitrogen and oxygen atoms in total. The van der Waals surface area contributed by atoms with E-state index in [1.54, 1.807) is 6.07 Å². The number of carbonyl (C=O) groups is 1. The number of carboxylic acids is 1. The molecule has 0 spiro atoms. The number of ether oxygens (including phenoxy) is 2. The SMILES string of the molecule is Cc1cc(OCCCOc2ccccc2)c(C(=O)O)s1. The normalized spacial score (nSPS) is 10.2. The largest absolute Gasteiger partial charge is 0.493 e. The van der Waals surface area contributed by atoms with Gasteiger partial charge in [-0.25, -0.2) is 4.79 Å². The van der Waals surface area contributed by atoms with Gasteiger partial charge in [0.15, 0.2) is 4.88 Å². The molecular weight excluding hydrogens is 276 g/mol. The molecule has 5 heteroatoms. The van der Waals surface area contributed by atoms with Gasteiger partial charge in [-0.15, -0.1) is 11.3 Å². The number of benzene rings is 1. The van der Waals surface area contributed by atoms with Crippen molar-refractivity contribution in [3.63, 3.8) is 0 Å². The van der Waals surface area contributed by atoms with E-state index in [-0.39, 0.29) is 4.88 Å². The Kier molecular flexibility index (Phi) is 5.01. The molecular formula is C15H16O4S. The van der Waals surface area contributed by atoms with Gasteiger partial charge in [0.2, 0.25) is 0 Å². The van der Waals surface area contributed by atoms with Gasteiger partial charge in [0.05, 0.1) is 13.2 Å². The molecule has 0 aliphatic heterocycles. The Bertz CT molecular complexity index is 563. The molecule has 1 aromatic heterocycles. The molecule has 1 aromatic carbocycles. The zero-order valence-corrected chi connectivity index (χ0v) is 12.0. The maximum absolute atomic E-state index is 11.0. The van der Waals surface area contributed by atoms with Crippen LogP contribution in [-0.4, -0.2) is 24.3 Å². The van der Waals surface area contributed by atoms with E-state index < -0.39 is 5.97 Å². The third-order valence-corrected chi connectivity index (χ3v) is 3.59. The summed E-state index contributed by atoms with van der Waals surface area (Å²) >= 11 is 1.23. The van der Waals surface area contributed by atoms with Crippen molar-refractivity contribution in [3.8, 4) is 11.5 Å².